The lowest BCUT2D eigenvalue weighted by molar-refractivity contribution is 0.401. The van der Waals surface area contributed by atoms with Gasteiger partial charge in [-0.15, -0.1) is 0 Å². The number of benzene rings is 2. The Bertz CT molecular complexity index is 454. The molecule has 19 heavy (non-hydrogen) atoms. The van der Waals surface area contributed by atoms with Crippen molar-refractivity contribution in [3.63, 3.8) is 0 Å². The van der Waals surface area contributed by atoms with E-state index in [1.165, 1.54) is 11.1 Å². The Morgan fingerprint density at radius 3 is 1.63 bits per heavy atom. The minimum absolute atomic E-state index is 0.434. The monoisotopic (exact) mass is 270 g/mol. The molecule has 0 radical (unpaired) electrons. The lowest BCUT2D eigenvalue weighted by atomic mass is 9.93. The normalized spacial score (nSPS) is 11.8. The molecule has 2 aromatic carbocycles. The maximum atomic E-state index is 5.75. The van der Waals surface area contributed by atoms with Crippen LogP contribution in [0.3, 0.4) is 0 Å². The molecule has 0 aliphatic rings. The number of hydrogen-bond acceptors (Lipinski definition) is 1. The molecule has 2 aromatic rings. The minimum atomic E-state index is -1.61. The van der Waals surface area contributed by atoms with Gasteiger partial charge in [0.1, 0.15) is 0 Å². The smallest absolute Gasteiger partial charge is 0.187 e. The number of hydrogen-bond donors (Lipinski definition) is 0. The van der Waals surface area contributed by atoms with Gasteiger partial charge in [-0.25, -0.2) is 0 Å². The summed E-state index contributed by atoms with van der Waals surface area (Å²) in [7, 11) is 0.241. The minimum Gasteiger partial charge on any atom is -0.420 e. The van der Waals surface area contributed by atoms with Crippen LogP contribution in [-0.4, -0.2) is 15.4 Å². The van der Waals surface area contributed by atoms with Gasteiger partial charge in [-0.05, 0) is 30.3 Å². The van der Waals surface area contributed by atoms with Crippen LogP contribution in [-0.2, 0) is 4.43 Å². The molecule has 0 bridgehead atoms. The Morgan fingerprint density at radius 2 is 1.26 bits per heavy atom. The van der Waals surface area contributed by atoms with E-state index in [-0.39, 0.29) is 0 Å². The number of rotatable bonds is 5. The van der Waals surface area contributed by atoms with E-state index in [9.17, 15) is 0 Å². The van der Waals surface area contributed by atoms with Crippen molar-refractivity contribution >= 4 is 8.32 Å². The van der Waals surface area contributed by atoms with Crippen LogP contribution >= 0.6 is 0 Å². The first-order valence-corrected chi connectivity index (χ1v) is 9.89. The summed E-state index contributed by atoms with van der Waals surface area (Å²) in [4.78, 5) is 0. The molecular weight excluding hydrogens is 248 g/mol. The fourth-order valence-electron chi connectivity index (χ4n) is 2.37. The van der Waals surface area contributed by atoms with Gasteiger partial charge in [0, 0.05) is 13.0 Å². The molecule has 0 aromatic heterocycles. The molecule has 0 fully saturated rings. The van der Waals surface area contributed by atoms with E-state index < -0.39 is 8.32 Å². The third kappa shape index (κ3) is 3.79. The van der Waals surface area contributed by atoms with Gasteiger partial charge in [0.05, 0.1) is 0 Å². The molecule has 2 rings (SSSR count). The quantitative estimate of drug-likeness (QED) is 0.717. The Kier molecular flexibility index (Phi) is 4.56. The molecule has 0 N–H and O–H groups in total. The lowest BCUT2D eigenvalue weighted by Gasteiger charge is -2.27. The largest absolute Gasteiger partial charge is 0.420 e. The van der Waals surface area contributed by atoms with E-state index in [1.54, 1.807) is 0 Å². The van der Waals surface area contributed by atoms with Crippen LogP contribution in [0.4, 0.5) is 0 Å². The van der Waals surface area contributed by atoms with Crippen molar-refractivity contribution in [1.82, 2.24) is 0 Å². The lowest BCUT2D eigenvalue weighted by Crippen LogP contribution is -2.31. The molecule has 0 aliphatic heterocycles. The van der Waals surface area contributed by atoms with Crippen LogP contribution in [0.2, 0.25) is 19.1 Å². The van der Waals surface area contributed by atoms with Crippen molar-refractivity contribution in [3.8, 4) is 0 Å². The summed E-state index contributed by atoms with van der Waals surface area (Å²) < 4.78 is 5.75. The molecule has 0 spiro atoms. The first-order chi connectivity index (χ1) is 9.12. The second kappa shape index (κ2) is 6.18. The van der Waals surface area contributed by atoms with Gasteiger partial charge in [-0.2, -0.15) is 0 Å². The zero-order chi connectivity index (χ0) is 13.7. The van der Waals surface area contributed by atoms with Crippen molar-refractivity contribution in [1.29, 1.82) is 0 Å². The van der Waals surface area contributed by atoms with Crippen LogP contribution in [0.15, 0.2) is 60.7 Å². The zero-order valence-corrected chi connectivity index (χ0v) is 13.0. The van der Waals surface area contributed by atoms with E-state index in [0.29, 0.717) is 5.92 Å². The molecule has 0 amide bonds. The Hall–Kier alpha value is -1.38. The molecular formula is C17H22OSi. The van der Waals surface area contributed by atoms with Crippen LogP contribution in [0.5, 0.6) is 0 Å². The standard InChI is InChI=1S/C17H22OSi/c1-18-19(2,3)14-17(15-10-6-4-7-11-15)16-12-8-5-9-13-16/h4-13,17H,14H2,1-3H3. The van der Waals surface area contributed by atoms with Crippen LogP contribution in [0.25, 0.3) is 0 Å². The summed E-state index contributed by atoms with van der Waals surface area (Å²) in [5.74, 6) is 0.434. The van der Waals surface area contributed by atoms with Crippen molar-refractivity contribution in [2.75, 3.05) is 7.11 Å². The highest BCUT2D eigenvalue weighted by Crippen LogP contribution is 2.33. The highest BCUT2D eigenvalue weighted by Gasteiger charge is 2.27. The topological polar surface area (TPSA) is 9.23 Å². The van der Waals surface area contributed by atoms with Gasteiger partial charge in [-0.3, -0.25) is 0 Å². The predicted octanol–water partition coefficient (Wildman–Crippen LogP) is 4.67. The van der Waals surface area contributed by atoms with Crippen molar-refractivity contribution in [2.45, 2.75) is 25.1 Å². The molecule has 0 heterocycles. The Morgan fingerprint density at radius 1 is 0.842 bits per heavy atom. The highest BCUT2D eigenvalue weighted by molar-refractivity contribution is 6.71. The molecule has 0 saturated heterocycles. The first kappa shape index (κ1) is 14.0. The van der Waals surface area contributed by atoms with Gasteiger partial charge in [0.2, 0.25) is 0 Å². The third-order valence-corrected chi connectivity index (χ3v) is 6.15. The molecule has 100 valence electrons. The second-order valence-corrected chi connectivity index (χ2v) is 9.88. The maximum Gasteiger partial charge on any atom is 0.187 e. The average molecular weight is 270 g/mol. The molecule has 1 nitrogen and oxygen atoms in total. The van der Waals surface area contributed by atoms with Crippen molar-refractivity contribution < 1.29 is 4.43 Å². The average Bonchev–Trinajstić information content (AvgIpc) is 2.47. The Balaban J connectivity index is 2.35. The van der Waals surface area contributed by atoms with Gasteiger partial charge >= 0.3 is 0 Å². The molecule has 0 unspecified atom stereocenters. The first-order valence-electron chi connectivity index (χ1n) is 6.77. The van der Waals surface area contributed by atoms with Gasteiger partial charge in [-0.1, -0.05) is 60.7 Å². The van der Waals surface area contributed by atoms with E-state index >= 15 is 0 Å². The summed E-state index contributed by atoms with van der Waals surface area (Å²) in [5, 5.41) is 0. The summed E-state index contributed by atoms with van der Waals surface area (Å²) in [5.41, 5.74) is 2.76. The Labute approximate surface area is 117 Å². The summed E-state index contributed by atoms with van der Waals surface area (Å²) in [6, 6.07) is 22.6. The fourth-order valence-corrected chi connectivity index (χ4v) is 3.99. The van der Waals surface area contributed by atoms with E-state index in [1.807, 2.05) is 7.11 Å². The van der Waals surface area contributed by atoms with E-state index in [4.69, 9.17) is 4.43 Å². The van der Waals surface area contributed by atoms with Crippen LogP contribution < -0.4 is 0 Å². The van der Waals surface area contributed by atoms with Crippen LogP contribution in [0.1, 0.15) is 17.0 Å². The van der Waals surface area contributed by atoms with Gasteiger partial charge in [0.25, 0.3) is 0 Å². The SMILES string of the molecule is CO[Si](C)(C)CC(c1ccccc1)c1ccccc1. The highest BCUT2D eigenvalue weighted by atomic mass is 28.4. The van der Waals surface area contributed by atoms with Crippen molar-refractivity contribution in [2.24, 2.45) is 0 Å². The molecule has 2 heteroatoms. The predicted molar refractivity (Wildman–Crippen MR) is 84.0 cm³/mol. The van der Waals surface area contributed by atoms with E-state index in [0.717, 1.165) is 6.04 Å². The van der Waals surface area contributed by atoms with E-state index in [2.05, 4.69) is 73.8 Å². The fraction of sp³-hybridized carbons (Fsp3) is 0.294. The van der Waals surface area contributed by atoms with Gasteiger partial charge in [0.15, 0.2) is 8.32 Å². The molecule has 0 aliphatic carbocycles. The molecule has 0 saturated carbocycles. The van der Waals surface area contributed by atoms with Crippen LogP contribution in [0, 0.1) is 0 Å². The third-order valence-electron chi connectivity index (χ3n) is 3.65. The van der Waals surface area contributed by atoms with Crippen molar-refractivity contribution in [3.05, 3.63) is 71.8 Å². The summed E-state index contributed by atoms with van der Waals surface area (Å²) in [6.07, 6.45) is 0. The second-order valence-electron chi connectivity index (χ2n) is 5.54. The van der Waals surface area contributed by atoms with Gasteiger partial charge < -0.3 is 4.43 Å². The summed E-state index contributed by atoms with van der Waals surface area (Å²) >= 11 is 0. The molecule has 0 atom stereocenters. The zero-order valence-electron chi connectivity index (χ0n) is 12.0. The maximum absolute atomic E-state index is 5.75. The summed E-state index contributed by atoms with van der Waals surface area (Å²) in [6.45, 7) is 4.57.